The zero-order chi connectivity index (χ0) is 14.0. The summed E-state index contributed by atoms with van der Waals surface area (Å²) in [6.07, 6.45) is 4.70. The molecule has 1 spiro atoms. The number of rotatable bonds is 2. The molecule has 1 unspecified atom stereocenters. The minimum Gasteiger partial charge on any atom is -0.496 e. The highest BCUT2D eigenvalue weighted by molar-refractivity contribution is 5.36. The third-order valence-electron chi connectivity index (χ3n) is 4.64. The normalized spacial score (nSPS) is 25.6. The molecule has 1 aromatic rings. The van der Waals surface area contributed by atoms with Crippen LogP contribution < -0.4 is 10.1 Å². The van der Waals surface area contributed by atoms with Gasteiger partial charge >= 0.3 is 0 Å². The Morgan fingerprint density at radius 1 is 1.35 bits per heavy atom. The van der Waals surface area contributed by atoms with Crippen LogP contribution in [0.3, 0.4) is 0 Å². The molecule has 1 saturated carbocycles. The number of halogens is 1. The molecule has 2 aliphatic rings. The first-order valence-corrected chi connectivity index (χ1v) is 7.39. The van der Waals surface area contributed by atoms with Crippen molar-refractivity contribution in [2.45, 2.75) is 31.8 Å². The van der Waals surface area contributed by atoms with Crippen molar-refractivity contribution in [1.82, 2.24) is 5.32 Å². The molecule has 1 aromatic carbocycles. The molecule has 3 nitrogen and oxygen atoms in total. The molecule has 110 valence electrons. The minimum atomic E-state index is -0.272. The number of hydrogen-bond donors (Lipinski definition) is 1. The van der Waals surface area contributed by atoms with Gasteiger partial charge in [-0.25, -0.2) is 4.39 Å². The maximum Gasteiger partial charge on any atom is 0.132 e. The van der Waals surface area contributed by atoms with Crippen LogP contribution >= 0.6 is 0 Å². The summed E-state index contributed by atoms with van der Waals surface area (Å²) in [5.41, 5.74) is 0.797. The van der Waals surface area contributed by atoms with Gasteiger partial charge in [-0.2, -0.15) is 0 Å². The van der Waals surface area contributed by atoms with Crippen LogP contribution in [0, 0.1) is 11.2 Å². The lowest BCUT2D eigenvalue weighted by Crippen LogP contribution is -2.32. The first kappa shape index (κ1) is 13.8. The number of methoxy groups -OCH3 is 1. The zero-order valence-electron chi connectivity index (χ0n) is 12.0. The fraction of sp³-hybridized carbons (Fsp3) is 0.625. The van der Waals surface area contributed by atoms with Gasteiger partial charge in [0.05, 0.1) is 19.3 Å². The molecule has 0 aromatic heterocycles. The topological polar surface area (TPSA) is 30.5 Å². The van der Waals surface area contributed by atoms with Crippen LogP contribution in [0.2, 0.25) is 0 Å². The average molecular weight is 279 g/mol. The van der Waals surface area contributed by atoms with E-state index in [0.29, 0.717) is 24.5 Å². The molecule has 0 bridgehead atoms. The summed E-state index contributed by atoms with van der Waals surface area (Å²) < 4.78 is 25.5. The predicted octanol–water partition coefficient (Wildman–Crippen LogP) is 3.06. The summed E-state index contributed by atoms with van der Waals surface area (Å²) in [7, 11) is 1.57. The highest BCUT2D eigenvalue weighted by atomic mass is 19.1. The SMILES string of the molecule is COc1cccc(F)c1C1CNCC2(CCCC2)CO1. The zero-order valence-corrected chi connectivity index (χ0v) is 12.0. The molecule has 1 aliphatic heterocycles. The van der Waals surface area contributed by atoms with Gasteiger partial charge < -0.3 is 14.8 Å². The Bertz CT molecular complexity index is 472. The van der Waals surface area contributed by atoms with Gasteiger partial charge in [0, 0.05) is 18.5 Å². The van der Waals surface area contributed by atoms with Crippen LogP contribution in [-0.4, -0.2) is 26.8 Å². The lowest BCUT2D eigenvalue weighted by atomic mass is 9.87. The Morgan fingerprint density at radius 3 is 2.90 bits per heavy atom. The Labute approximate surface area is 119 Å². The fourth-order valence-corrected chi connectivity index (χ4v) is 3.49. The quantitative estimate of drug-likeness (QED) is 0.902. The fourth-order valence-electron chi connectivity index (χ4n) is 3.49. The van der Waals surface area contributed by atoms with E-state index in [4.69, 9.17) is 9.47 Å². The van der Waals surface area contributed by atoms with Gasteiger partial charge in [-0.15, -0.1) is 0 Å². The first-order valence-electron chi connectivity index (χ1n) is 7.39. The summed E-state index contributed by atoms with van der Waals surface area (Å²) in [5, 5.41) is 3.46. The predicted molar refractivity (Wildman–Crippen MR) is 75.4 cm³/mol. The van der Waals surface area contributed by atoms with Gasteiger partial charge in [0.2, 0.25) is 0 Å². The van der Waals surface area contributed by atoms with E-state index >= 15 is 0 Å². The number of benzene rings is 1. The van der Waals surface area contributed by atoms with Gasteiger partial charge in [0.1, 0.15) is 17.7 Å². The second-order valence-electron chi connectivity index (χ2n) is 5.99. The third kappa shape index (κ3) is 2.54. The van der Waals surface area contributed by atoms with Crippen molar-refractivity contribution in [1.29, 1.82) is 0 Å². The van der Waals surface area contributed by atoms with Gasteiger partial charge in [-0.1, -0.05) is 18.9 Å². The van der Waals surface area contributed by atoms with Crippen molar-refractivity contribution in [3.05, 3.63) is 29.6 Å². The molecule has 3 rings (SSSR count). The van der Waals surface area contributed by atoms with E-state index in [1.165, 1.54) is 31.7 Å². The molecule has 1 aliphatic carbocycles. The molecule has 0 radical (unpaired) electrons. The van der Waals surface area contributed by atoms with E-state index in [2.05, 4.69) is 5.32 Å². The molecule has 4 heteroatoms. The summed E-state index contributed by atoms with van der Waals surface area (Å²) in [6.45, 7) is 2.32. The molecule has 1 atom stereocenters. The maximum atomic E-state index is 14.1. The van der Waals surface area contributed by atoms with Crippen molar-refractivity contribution in [3.8, 4) is 5.75 Å². The van der Waals surface area contributed by atoms with Crippen molar-refractivity contribution in [2.75, 3.05) is 26.8 Å². The van der Waals surface area contributed by atoms with E-state index in [1.54, 1.807) is 19.2 Å². The van der Waals surface area contributed by atoms with E-state index in [1.807, 2.05) is 0 Å². The van der Waals surface area contributed by atoms with Crippen molar-refractivity contribution < 1.29 is 13.9 Å². The summed E-state index contributed by atoms with van der Waals surface area (Å²) >= 11 is 0. The first-order chi connectivity index (χ1) is 9.74. The molecule has 1 heterocycles. The Balaban J connectivity index is 1.81. The van der Waals surface area contributed by atoms with Crippen LogP contribution in [-0.2, 0) is 4.74 Å². The molecule has 0 amide bonds. The lowest BCUT2D eigenvalue weighted by Gasteiger charge is -2.26. The molecular formula is C16H22FNO2. The van der Waals surface area contributed by atoms with Gasteiger partial charge in [0.25, 0.3) is 0 Å². The van der Waals surface area contributed by atoms with Crippen LogP contribution in [0.15, 0.2) is 18.2 Å². The number of nitrogens with one attached hydrogen (secondary N) is 1. The Hall–Kier alpha value is -1.13. The highest BCUT2D eigenvalue weighted by Crippen LogP contribution is 2.41. The second-order valence-corrected chi connectivity index (χ2v) is 5.99. The van der Waals surface area contributed by atoms with Crippen LogP contribution in [0.4, 0.5) is 4.39 Å². The summed E-state index contributed by atoms with van der Waals surface area (Å²) in [5.74, 6) is 0.317. The van der Waals surface area contributed by atoms with Crippen LogP contribution in [0.25, 0.3) is 0 Å². The van der Waals surface area contributed by atoms with Gasteiger partial charge in [0.15, 0.2) is 0 Å². The highest BCUT2D eigenvalue weighted by Gasteiger charge is 2.37. The van der Waals surface area contributed by atoms with E-state index < -0.39 is 0 Å². The van der Waals surface area contributed by atoms with E-state index in [-0.39, 0.29) is 17.3 Å². The third-order valence-corrected chi connectivity index (χ3v) is 4.64. The van der Waals surface area contributed by atoms with Crippen molar-refractivity contribution in [2.24, 2.45) is 5.41 Å². The molecule has 20 heavy (non-hydrogen) atoms. The largest absolute Gasteiger partial charge is 0.496 e. The van der Waals surface area contributed by atoms with Gasteiger partial charge in [-0.05, 0) is 25.0 Å². The Morgan fingerprint density at radius 2 is 2.15 bits per heavy atom. The molecule has 2 fully saturated rings. The number of ether oxygens (including phenoxy) is 2. The van der Waals surface area contributed by atoms with E-state index in [9.17, 15) is 4.39 Å². The maximum absolute atomic E-state index is 14.1. The lowest BCUT2D eigenvalue weighted by molar-refractivity contribution is 0.0130. The molecule has 1 saturated heterocycles. The summed E-state index contributed by atoms with van der Waals surface area (Å²) in [4.78, 5) is 0. The van der Waals surface area contributed by atoms with Crippen LogP contribution in [0.5, 0.6) is 5.75 Å². The average Bonchev–Trinajstić information content (AvgIpc) is 2.81. The molecular weight excluding hydrogens is 257 g/mol. The number of hydrogen-bond acceptors (Lipinski definition) is 3. The van der Waals surface area contributed by atoms with Crippen molar-refractivity contribution >= 4 is 0 Å². The Kier molecular flexibility index (Phi) is 3.94. The van der Waals surface area contributed by atoms with E-state index in [0.717, 1.165) is 6.54 Å². The smallest absolute Gasteiger partial charge is 0.132 e. The second kappa shape index (κ2) is 5.70. The van der Waals surface area contributed by atoms with Gasteiger partial charge in [-0.3, -0.25) is 0 Å². The minimum absolute atomic E-state index is 0.251. The summed E-state index contributed by atoms with van der Waals surface area (Å²) in [6, 6.07) is 4.93. The van der Waals surface area contributed by atoms with Crippen LogP contribution in [0.1, 0.15) is 37.4 Å². The van der Waals surface area contributed by atoms with Crippen molar-refractivity contribution in [3.63, 3.8) is 0 Å². The monoisotopic (exact) mass is 279 g/mol. The molecule has 1 N–H and O–H groups in total. The standard InChI is InChI=1S/C16H22FNO2/c1-19-13-6-4-5-12(17)15(13)14-9-18-10-16(11-20-14)7-2-3-8-16/h4-6,14,18H,2-3,7-11H2,1H3.